The first kappa shape index (κ1) is 29.4. The summed E-state index contributed by atoms with van der Waals surface area (Å²) >= 11 is 12.2. The molecule has 0 spiro atoms. The molecule has 1 saturated carbocycles. The monoisotopic (exact) mass is 558 g/mol. The second-order valence-electron chi connectivity index (χ2n) is 9.08. The van der Waals surface area contributed by atoms with Crippen molar-refractivity contribution in [1.82, 2.24) is 14.9 Å². The van der Waals surface area contributed by atoms with Crippen molar-refractivity contribution in [1.29, 1.82) is 0 Å². The molecule has 1 aliphatic rings. The Labute approximate surface area is 228 Å². The number of carbonyl (C=O) groups is 1. The van der Waals surface area contributed by atoms with Crippen LogP contribution < -0.4 is 5.32 Å². The standard InChI is InChI=1S/C25H28Cl2N4O2.2ClH/c1-14(32)18-12-28-22-9-8-21(16-10-19(26)25(33)20(27)11-16)30-24(22)23(18)29-17-6-4-15(5-7-17)13-31(2)3;;/h8-12,15,17,33H,4-7,13H2,1-3H3,(H,28,29);2*1H/t15-,17-;;. The van der Waals surface area contributed by atoms with Crippen LogP contribution in [0.2, 0.25) is 10.0 Å². The van der Waals surface area contributed by atoms with Crippen LogP contribution in [0.1, 0.15) is 43.0 Å². The minimum Gasteiger partial charge on any atom is -0.505 e. The molecule has 0 radical (unpaired) electrons. The SMILES string of the molecule is CC(=O)c1cnc2ccc(-c3cc(Cl)c(O)c(Cl)c3)nc2c1N[C@H]1CC[C@H](CN(C)C)CC1.Cl.Cl. The van der Waals surface area contributed by atoms with Gasteiger partial charge in [-0.15, -0.1) is 24.8 Å². The van der Waals surface area contributed by atoms with Crippen molar-refractivity contribution in [3.63, 3.8) is 0 Å². The molecule has 35 heavy (non-hydrogen) atoms. The normalized spacial score (nSPS) is 17.5. The molecule has 0 unspecified atom stereocenters. The molecule has 0 atom stereocenters. The van der Waals surface area contributed by atoms with Crippen LogP contribution in [-0.2, 0) is 0 Å². The second kappa shape index (κ2) is 12.4. The van der Waals surface area contributed by atoms with E-state index in [1.165, 1.54) is 0 Å². The molecule has 0 saturated heterocycles. The zero-order valence-electron chi connectivity index (χ0n) is 19.8. The quantitative estimate of drug-likeness (QED) is 0.320. The predicted molar refractivity (Wildman–Crippen MR) is 149 cm³/mol. The summed E-state index contributed by atoms with van der Waals surface area (Å²) in [5.74, 6) is 0.486. The number of Topliss-reactive ketones (excluding diaryl/α,β-unsaturated/α-hetero) is 1. The lowest BCUT2D eigenvalue weighted by Gasteiger charge is -2.31. The van der Waals surface area contributed by atoms with Gasteiger partial charge in [-0.1, -0.05) is 23.2 Å². The van der Waals surface area contributed by atoms with Crippen LogP contribution in [0.4, 0.5) is 5.69 Å². The van der Waals surface area contributed by atoms with E-state index < -0.39 is 0 Å². The summed E-state index contributed by atoms with van der Waals surface area (Å²) in [5, 5.41) is 13.8. The van der Waals surface area contributed by atoms with E-state index in [0.717, 1.165) is 37.9 Å². The highest BCUT2D eigenvalue weighted by Gasteiger charge is 2.24. The highest BCUT2D eigenvalue weighted by Crippen LogP contribution is 2.37. The fraction of sp³-hybridized carbons (Fsp3) is 0.400. The van der Waals surface area contributed by atoms with Crippen LogP contribution in [0, 0.1) is 5.92 Å². The molecule has 1 aromatic carbocycles. The van der Waals surface area contributed by atoms with Gasteiger partial charge in [0.2, 0.25) is 0 Å². The number of nitrogens with zero attached hydrogens (tertiary/aromatic N) is 3. The van der Waals surface area contributed by atoms with E-state index in [9.17, 15) is 9.90 Å². The summed E-state index contributed by atoms with van der Waals surface area (Å²) in [4.78, 5) is 24.0. The van der Waals surface area contributed by atoms with Gasteiger partial charge in [-0.3, -0.25) is 9.78 Å². The molecule has 1 aliphatic carbocycles. The van der Waals surface area contributed by atoms with Gasteiger partial charge in [0.1, 0.15) is 5.52 Å². The lowest BCUT2D eigenvalue weighted by Crippen LogP contribution is -2.31. The first-order valence-corrected chi connectivity index (χ1v) is 11.9. The molecule has 2 N–H and O–H groups in total. The number of benzene rings is 1. The zero-order valence-corrected chi connectivity index (χ0v) is 23.0. The topological polar surface area (TPSA) is 78.3 Å². The first-order chi connectivity index (χ1) is 15.7. The molecule has 3 aromatic rings. The lowest BCUT2D eigenvalue weighted by atomic mass is 9.85. The van der Waals surface area contributed by atoms with Crippen molar-refractivity contribution < 1.29 is 9.90 Å². The number of aromatic hydroxyl groups is 1. The molecule has 2 aromatic heterocycles. The number of phenols is 1. The van der Waals surface area contributed by atoms with Gasteiger partial charge in [-0.25, -0.2) is 4.98 Å². The third-order valence-corrected chi connectivity index (χ3v) is 6.80. The summed E-state index contributed by atoms with van der Waals surface area (Å²) in [6.45, 7) is 2.65. The Morgan fingerprint density at radius 3 is 2.31 bits per heavy atom. The highest BCUT2D eigenvalue weighted by atomic mass is 35.5. The van der Waals surface area contributed by atoms with Crippen molar-refractivity contribution in [3.05, 3.63) is 46.1 Å². The van der Waals surface area contributed by atoms with Crippen LogP contribution in [0.25, 0.3) is 22.3 Å². The number of rotatable bonds is 6. The molecule has 10 heteroatoms. The van der Waals surface area contributed by atoms with Crippen LogP contribution in [-0.4, -0.2) is 52.4 Å². The van der Waals surface area contributed by atoms with Gasteiger partial charge < -0.3 is 15.3 Å². The van der Waals surface area contributed by atoms with Gasteiger partial charge in [0.15, 0.2) is 11.5 Å². The molecule has 190 valence electrons. The Hall–Kier alpha value is -1.83. The van der Waals surface area contributed by atoms with Crippen LogP contribution in [0.5, 0.6) is 5.75 Å². The van der Waals surface area contributed by atoms with Gasteiger partial charge in [0.05, 0.1) is 32.5 Å². The number of nitrogens with one attached hydrogen (secondary N) is 1. The van der Waals surface area contributed by atoms with Crippen LogP contribution >= 0.6 is 48.0 Å². The number of hydrogen-bond acceptors (Lipinski definition) is 6. The van der Waals surface area contributed by atoms with E-state index in [1.807, 2.05) is 12.1 Å². The maximum atomic E-state index is 12.4. The third-order valence-electron chi connectivity index (χ3n) is 6.22. The number of anilines is 1. The number of pyridine rings is 2. The van der Waals surface area contributed by atoms with Crippen molar-refractivity contribution >= 4 is 70.5 Å². The molecule has 2 heterocycles. The average molecular weight is 560 g/mol. The van der Waals surface area contributed by atoms with E-state index >= 15 is 0 Å². The number of carbonyl (C=O) groups excluding carboxylic acids is 1. The smallest absolute Gasteiger partial charge is 0.163 e. The molecule has 6 nitrogen and oxygen atoms in total. The maximum absolute atomic E-state index is 12.4. The average Bonchev–Trinajstić information content (AvgIpc) is 2.77. The Bertz CT molecular complexity index is 1170. The molecular weight excluding hydrogens is 530 g/mol. The number of halogens is 4. The number of ketones is 1. The number of aromatic nitrogens is 2. The Kier molecular flexibility index (Phi) is 10.4. The minimum atomic E-state index is -0.157. The van der Waals surface area contributed by atoms with Crippen LogP contribution in [0.3, 0.4) is 0 Å². The summed E-state index contributed by atoms with van der Waals surface area (Å²) < 4.78 is 0. The van der Waals surface area contributed by atoms with E-state index in [1.54, 1.807) is 25.3 Å². The largest absolute Gasteiger partial charge is 0.505 e. The fourth-order valence-corrected chi connectivity index (χ4v) is 5.05. The number of fused-ring (bicyclic) bond motifs is 1. The number of phenolic OH excluding ortho intramolecular Hbond substituents is 1. The molecule has 0 aliphatic heterocycles. The zero-order chi connectivity index (χ0) is 23.7. The first-order valence-electron chi connectivity index (χ1n) is 11.1. The van der Waals surface area contributed by atoms with Gasteiger partial charge in [0, 0.05) is 24.3 Å². The van der Waals surface area contributed by atoms with E-state index in [4.69, 9.17) is 28.2 Å². The molecule has 0 amide bonds. The third kappa shape index (κ3) is 6.69. The summed E-state index contributed by atoms with van der Waals surface area (Å²) in [6.07, 6.45) is 6.01. The van der Waals surface area contributed by atoms with E-state index in [2.05, 4.69) is 29.3 Å². The van der Waals surface area contributed by atoms with Crippen molar-refractivity contribution in [2.45, 2.75) is 38.6 Å². The maximum Gasteiger partial charge on any atom is 0.163 e. The van der Waals surface area contributed by atoms with Gasteiger partial charge in [0.25, 0.3) is 0 Å². The van der Waals surface area contributed by atoms with Gasteiger partial charge in [-0.2, -0.15) is 0 Å². The molecular formula is C25H30Cl4N4O2. The van der Waals surface area contributed by atoms with Gasteiger partial charge >= 0.3 is 0 Å². The Balaban J connectivity index is 0.00000216. The predicted octanol–water partition coefficient (Wildman–Crippen LogP) is 6.89. The molecule has 4 rings (SSSR count). The Morgan fingerprint density at radius 2 is 1.74 bits per heavy atom. The Morgan fingerprint density at radius 1 is 1.11 bits per heavy atom. The summed E-state index contributed by atoms with van der Waals surface area (Å²) in [7, 11) is 4.23. The minimum absolute atomic E-state index is 0. The molecule has 0 bridgehead atoms. The van der Waals surface area contributed by atoms with Crippen molar-refractivity contribution in [3.8, 4) is 17.0 Å². The summed E-state index contributed by atoms with van der Waals surface area (Å²) in [6, 6.07) is 7.22. The van der Waals surface area contributed by atoms with E-state index in [-0.39, 0.29) is 52.4 Å². The fourth-order valence-electron chi connectivity index (χ4n) is 4.56. The van der Waals surface area contributed by atoms with E-state index in [0.29, 0.717) is 33.8 Å². The highest BCUT2D eigenvalue weighted by molar-refractivity contribution is 6.37. The second-order valence-corrected chi connectivity index (χ2v) is 9.89. The van der Waals surface area contributed by atoms with Crippen LogP contribution in [0.15, 0.2) is 30.5 Å². The van der Waals surface area contributed by atoms with Crippen molar-refractivity contribution in [2.24, 2.45) is 5.92 Å². The summed E-state index contributed by atoms with van der Waals surface area (Å²) in [5.41, 5.74) is 3.89. The molecule has 1 fully saturated rings. The lowest BCUT2D eigenvalue weighted by molar-refractivity contribution is 0.101. The van der Waals surface area contributed by atoms with Gasteiger partial charge in [-0.05, 0) is 76.9 Å². The number of hydrogen-bond donors (Lipinski definition) is 2. The van der Waals surface area contributed by atoms with Crippen molar-refractivity contribution in [2.75, 3.05) is 26.0 Å².